The van der Waals surface area contributed by atoms with Crippen LogP contribution in [0.1, 0.15) is 17.0 Å². The minimum absolute atomic E-state index is 0.0427. The smallest absolute Gasteiger partial charge is 0.215 e. The maximum atomic E-state index is 12.0. The van der Waals surface area contributed by atoms with Crippen molar-refractivity contribution in [1.29, 1.82) is 0 Å². The summed E-state index contributed by atoms with van der Waals surface area (Å²) in [5, 5.41) is 0. The Balaban J connectivity index is 1.89. The van der Waals surface area contributed by atoms with Crippen LogP contribution in [0, 0.1) is 0 Å². The number of hydrogen-bond acceptors (Lipinski definition) is 4. The molecule has 0 spiro atoms. The van der Waals surface area contributed by atoms with Crippen LogP contribution in [-0.4, -0.2) is 24.9 Å². The van der Waals surface area contributed by atoms with Crippen molar-refractivity contribution in [2.45, 2.75) is 18.7 Å². The lowest BCUT2D eigenvalue weighted by Gasteiger charge is -2.07. The molecule has 0 aliphatic carbocycles. The molecule has 0 saturated carbocycles. The van der Waals surface area contributed by atoms with E-state index < -0.39 is 10.0 Å². The van der Waals surface area contributed by atoms with Crippen LogP contribution in [0.25, 0.3) is 0 Å². The third-order valence-corrected chi connectivity index (χ3v) is 4.18. The van der Waals surface area contributed by atoms with E-state index in [4.69, 9.17) is 5.73 Å². The van der Waals surface area contributed by atoms with Gasteiger partial charge in [-0.15, -0.1) is 0 Å². The van der Waals surface area contributed by atoms with E-state index in [2.05, 4.69) is 14.7 Å². The van der Waals surface area contributed by atoms with Crippen LogP contribution < -0.4 is 10.5 Å². The van der Waals surface area contributed by atoms with Crippen LogP contribution in [0.4, 0.5) is 0 Å². The first-order valence-corrected chi connectivity index (χ1v) is 7.98. The van der Waals surface area contributed by atoms with Crippen LogP contribution in [-0.2, 0) is 28.7 Å². The molecule has 0 fully saturated rings. The largest absolute Gasteiger partial charge is 0.349 e. The van der Waals surface area contributed by atoms with Crippen molar-refractivity contribution in [2.24, 2.45) is 5.73 Å². The second-order valence-electron chi connectivity index (χ2n) is 4.46. The first-order chi connectivity index (χ1) is 9.59. The maximum Gasteiger partial charge on any atom is 0.215 e. The van der Waals surface area contributed by atoms with Gasteiger partial charge < -0.3 is 10.7 Å². The van der Waals surface area contributed by atoms with Crippen LogP contribution in [0.3, 0.4) is 0 Å². The average molecular weight is 294 g/mol. The number of imidazole rings is 1. The first kappa shape index (κ1) is 14.7. The highest BCUT2D eigenvalue weighted by molar-refractivity contribution is 7.88. The summed E-state index contributed by atoms with van der Waals surface area (Å²) in [6.45, 7) is 0.728. The summed E-state index contributed by atoms with van der Waals surface area (Å²) >= 11 is 0. The van der Waals surface area contributed by atoms with Gasteiger partial charge in [0.05, 0.1) is 5.75 Å². The molecule has 2 rings (SSSR count). The molecule has 20 heavy (non-hydrogen) atoms. The van der Waals surface area contributed by atoms with Gasteiger partial charge in [0.2, 0.25) is 10.0 Å². The fourth-order valence-corrected chi connectivity index (χ4v) is 3.01. The second-order valence-corrected chi connectivity index (χ2v) is 6.27. The highest BCUT2D eigenvalue weighted by Crippen LogP contribution is 2.08. The number of nitrogens with two attached hydrogens (primary N) is 1. The summed E-state index contributed by atoms with van der Waals surface area (Å²) in [5.74, 6) is 0.719. The zero-order chi connectivity index (χ0) is 14.4. The van der Waals surface area contributed by atoms with E-state index >= 15 is 0 Å². The molecule has 1 aromatic carbocycles. The zero-order valence-electron chi connectivity index (χ0n) is 11.0. The normalized spacial score (nSPS) is 11.7. The molecule has 0 radical (unpaired) electrons. The van der Waals surface area contributed by atoms with Crippen molar-refractivity contribution in [2.75, 3.05) is 6.54 Å². The topological polar surface area (TPSA) is 101 Å². The SMILES string of the molecule is NCc1cccc(CS(=O)(=O)NCCc2ncc[nH]2)c1. The Bertz CT molecular complexity index is 638. The Morgan fingerprint density at radius 3 is 2.80 bits per heavy atom. The third-order valence-electron chi connectivity index (χ3n) is 2.82. The molecule has 0 aliphatic heterocycles. The fourth-order valence-electron chi connectivity index (χ4n) is 1.88. The maximum absolute atomic E-state index is 12.0. The molecular formula is C13H18N4O2S. The number of aromatic amines is 1. The van der Waals surface area contributed by atoms with Crippen molar-refractivity contribution in [3.8, 4) is 0 Å². The van der Waals surface area contributed by atoms with Crippen molar-refractivity contribution in [1.82, 2.24) is 14.7 Å². The monoisotopic (exact) mass is 294 g/mol. The number of aromatic nitrogens is 2. The Morgan fingerprint density at radius 1 is 1.30 bits per heavy atom. The molecule has 0 bridgehead atoms. The molecule has 1 heterocycles. The van der Waals surface area contributed by atoms with E-state index in [0.29, 0.717) is 19.5 Å². The number of nitrogens with one attached hydrogen (secondary N) is 2. The Hall–Kier alpha value is -1.70. The Morgan fingerprint density at radius 2 is 2.10 bits per heavy atom. The molecule has 4 N–H and O–H groups in total. The molecule has 0 amide bonds. The van der Waals surface area contributed by atoms with Crippen molar-refractivity contribution < 1.29 is 8.42 Å². The predicted octanol–water partition coefficient (Wildman–Crippen LogP) is 0.530. The van der Waals surface area contributed by atoms with Gasteiger partial charge in [-0.25, -0.2) is 18.1 Å². The van der Waals surface area contributed by atoms with Crippen molar-refractivity contribution in [3.05, 3.63) is 53.6 Å². The average Bonchev–Trinajstić information content (AvgIpc) is 2.91. The standard InChI is InChI=1S/C13H18N4O2S/c14-9-11-2-1-3-12(8-11)10-20(18,19)17-5-4-13-15-6-7-16-13/h1-3,6-8,17H,4-5,9-10,14H2,(H,15,16). The number of benzene rings is 1. The Labute approximate surface area is 118 Å². The summed E-state index contributed by atoms with van der Waals surface area (Å²) in [5.41, 5.74) is 7.20. The predicted molar refractivity (Wildman–Crippen MR) is 77.3 cm³/mol. The Kier molecular flexibility index (Phi) is 4.89. The van der Waals surface area contributed by atoms with Gasteiger partial charge in [-0.05, 0) is 11.1 Å². The van der Waals surface area contributed by atoms with E-state index in [1.54, 1.807) is 18.5 Å². The van der Waals surface area contributed by atoms with E-state index in [1.165, 1.54) is 0 Å². The fraction of sp³-hybridized carbons (Fsp3) is 0.308. The highest BCUT2D eigenvalue weighted by atomic mass is 32.2. The quantitative estimate of drug-likeness (QED) is 0.693. The van der Waals surface area contributed by atoms with Gasteiger partial charge in [-0.1, -0.05) is 24.3 Å². The number of H-pyrrole nitrogens is 1. The number of rotatable bonds is 7. The van der Waals surface area contributed by atoms with Crippen LogP contribution in [0.15, 0.2) is 36.7 Å². The molecule has 0 unspecified atom stereocenters. The van der Waals surface area contributed by atoms with E-state index in [1.807, 2.05) is 18.2 Å². The van der Waals surface area contributed by atoms with Crippen LogP contribution in [0.5, 0.6) is 0 Å². The van der Waals surface area contributed by atoms with E-state index in [0.717, 1.165) is 17.0 Å². The van der Waals surface area contributed by atoms with Gasteiger partial charge in [-0.3, -0.25) is 0 Å². The second kappa shape index (κ2) is 6.65. The molecule has 0 atom stereocenters. The number of nitrogens with zero attached hydrogens (tertiary/aromatic N) is 1. The van der Waals surface area contributed by atoms with E-state index in [-0.39, 0.29) is 5.75 Å². The molecule has 108 valence electrons. The van der Waals surface area contributed by atoms with Gasteiger partial charge in [0.15, 0.2) is 0 Å². The molecule has 7 heteroatoms. The zero-order valence-corrected chi connectivity index (χ0v) is 11.9. The van der Waals surface area contributed by atoms with Gasteiger partial charge in [0.25, 0.3) is 0 Å². The number of sulfonamides is 1. The van der Waals surface area contributed by atoms with Gasteiger partial charge >= 0.3 is 0 Å². The van der Waals surface area contributed by atoms with Gasteiger partial charge in [-0.2, -0.15) is 0 Å². The molecule has 1 aromatic heterocycles. The summed E-state index contributed by atoms with van der Waals surface area (Å²) < 4.78 is 26.5. The molecule has 0 saturated heterocycles. The third kappa shape index (κ3) is 4.44. The minimum atomic E-state index is -3.35. The summed E-state index contributed by atoms with van der Waals surface area (Å²) in [6.07, 6.45) is 3.89. The molecule has 0 aliphatic rings. The van der Waals surface area contributed by atoms with Gasteiger partial charge in [0, 0.05) is 31.9 Å². The lowest BCUT2D eigenvalue weighted by Crippen LogP contribution is -2.27. The highest BCUT2D eigenvalue weighted by Gasteiger charge is 2.11. The van der Waals surface area contributed by atoms with Crippen LogP contribution in [0.2, 0.25) is 0 Å². The molecule has 6 nitrogen and oxygen atoms in total. The molecular weight excluding hydrogens is 276 g/mol. The lowest BCUT2D eigenvalue weighted by atomic mass is 10.1. The first-order valence-electron chi connectivity index (χ1n) is 6.32. The summed E-state index contributed by atoms with van der Waals surface area (Å²) in [4.78, 5) is 6.97. The van der Waals surface area contributed by atoms with E-state index in [9.17, 15) is 8.42 Å². The summed E-state index contributed by atoms with van der Waals surface area (Å²) in [7, 11) is -3.35. The van der Waals surface area contributed by atoms with Gasteiger partial charge in [0.1, 0.15) is 5.82 Å². The van der Waals surface area contributed by atoms with Crippen molar-refractivity contribution >= 4 is 10.0 Å². The molecule has 2 aromatic rings. The summed E-state index contributed by atoms with van der Waals surface area (Å²) in [6, 6.07) is 7.28. The lowest BCUT2D eigenvalue weighted by molar-refractivity contribution is 0.580. The minimum Gasteiger partial charge on any atom is -0.349 e. The van der Waals surface area contributed by atoms with Crippen molar-refractivity contribution in [3.63, 3.8) is 0 Å². The van der Waals surface area contributed by atoms with Crippen LogP contribution >= 0.6 is 0 Å². The number of hydrogen-bond donors (Lipinski definition) is 3.